The van der Waals surface area contributed by atoms with Crippen molar-refractivity contribution in [2.75, 3.05) is 33.3 Å². The Morgan fingerprint density at radius 2 is 1.74 bits per heavy atom. The van der Waals surface area contributed by atoms with Gasteiger partial charge in [-0.25, -0.2) is 0 Å². The average molecular weight is 501 g/mol. The van der Waals surface area contributed by atoms with Gasteiger partial charge in [-0.15, -0.1) is 11.3 Å². The molecule has 1 saturated heterocycles. The maximum absolute atomic E-state index is 12.9. The molecule has 162 valence electrons. The highest BCUT2D eigenvalue weighted by Gasteiger charge is 2.23. The van der Waals surface area contributed by atoms with Gasteiger partial charge in [0, 0.05) is 42.8 Å². The van der Waals surface area contributed by atoms with Gasteiger partial charge >= 0.3 is 0 Å². The van der Waals surface area contributed by atoms with Crippen molar-refractivity contribution in [1.29, 1.82) is 0 Å². The standard InChI is InChI=1S/C24H25BrN2O3S/c1-29-21-5-7-22(8-6-21)30-16-19-14-23(31-17-19)24(28)27-11-9-26(10-12-27)15-18-3-2-4-20(25)13-18/h2-8,13-14,17H,9-12,15-16H2,1H3. The van der Waals surface area contributed by atoms with Crippen molar-refractivity contribution in [3.63, 3.8) is 0 Å². The number of hydrogen-bond acceptors (Lipinski definition) is 5. The highest BCUT2D eigenvalue weighted by molar-refractivity contribution is 9.10. The maximum Gasteiger partial charge on any atom is 0.264 e. The van der Waals surface area contributed by atoms with E-state index in [9.17, 15) is 4.79 Å². The fourth-order valence-corrected chi connectivity index (χ4v) is 4.87. The molecule has 1 aliphatic heterocycles. The first-order chi connectivity index (χ1) is 15.1. The molecule has 1 fully saturated rings. The highest BCUT2D eigenvalue weighted by Crippen LogP contribution is 2.22. The molecule has 5 nitrogen and oxygen atoms in total. The molecule has 2 aromatic carbocycles. The molecule has 0 N–H and O–H groups in total. The second-order valence-electron chi connectivity index (χ2n) is 7.48. The molecule has 2 heterocycles. The van der Waals surface area contributed by atoms with Crippen molar-refractivity contribution < 1.29 is 14.3 Å². The summed E-state index contributed by atoms with van der Waals surface area (Å²) in [6, 6.07) is 17.8. The van der Waals surface area contributed by atoms with E-state index < -0.39 is 0 Å². The average Bonchev–Trinajstić information content (AvgIpc) is 3.27. The van der Waals surface area contributed by atoms with Crippen molar-refractivity contribution in [2.24, 2.45) is 0 Å². The molecular weight excluding hydrogens is 476 g/mol. The molecule has 7 heteroatoms. The van der Waals surface area contributed by atoms with Crippen LogP contribution in [0.3, 0.4) is 0 Å². The molecule has 1 aliphatic rings. The van der Waals surface area contributed by atoms with E-state index >= 15 is 0 Å². The molecule has 1 amide bonds. The zero-order chi connectivity index (χ0) is 21.6. The summed E-state index contributed by atoms with van der Waals surface area (Å²) in [5.74, 6) is 1.69. The maximum atomic E-state index is 12.9. The van der Waals surface area contributed by atoms with Crippen molar-refractivity contribution in [3.8, 4) is 11.5 Å². The molecule has 0 radical (unpaired) electrons. The number of carbonyl (C=O) groups is 1. The molecule has 31 heavy (non-hydrogen) atoms. The van der Waals surface area contributed by atoms with Crippen molar-refractivity contribution in [3.05, 3.63) is 80.5 Å². The van der Waals surface area contributed by atoms with Crippen LogP contribution in [0.2, 0.25) is 0 Å². The molecule has 0 bridgehead atoms. The Labute approximate surface area is 195 Å². The fourth-order valence-electron chi connectivity index (χ4n) is 3.56. The van der Waals surface area contributed by atoms with Crippen molar-refractivity contribution in [2.45, 2.75) is 13.2 Å². The highest BCUT2D eigenvalue weighted by atomic mass is 79.9. The number of nitrogens with zero attached hydrogens (tertiary/aromatic N) is 2. The molecule has 0 atom stereocenters. The monoisotopic (exact) mass is 500 g/mol. The van der Waals surface area contributed by atoms with E-state index in [1.54, 1.807) is 7.11 Å². The summed E-state index contributed by atoms with van der Waals surface area (Å²) in [5, 5.41) is 2.00. The van der Waals surface area contributed by atoms with E-state index in [1.165, 1.54) is 16.9 Å². The smallest absolute Gasteiger partial charge is 0.264 e. The van der Waals surface area contributed by atoms with Crippen LogP contribution in [0.5, 0.6) is 11.5 Å². The van der Waals surface area contributed by atoms with Gasteiger partial charge in [-0.3, -0.25) is 9.69 Å². The molecule has 0 spiro atoms. The third-order valence-electron chi connectivity index (χ3n) is 5.28. The summed E-state index contributed by atoms with van der Waals surface area (Å²) in [4.78, 5) is 18.0. The van der Waals surface area contributed by atoms with Crippen LogP contribution in [0, 0.1) is 0 Å². The second kappa shape index (κ2) is 10.3. The first-order valence-corrected chi connectivity index (χ1v) is 11.9. The van der Waals surface area contributed by atoms with Crippen molar-refractivity contribution >= 4 is 33.2 Å². The van der Waals surface area contributed by atoms with Gasteiger partial charge < -0.3 is 14.4 Å². The van der Waals surface area contributed by atoms with E-state index in [0.717, 1.165) is 59.1 Å². The Kier molecular flexibility index (Phi) is 7.27. The number of methoxy groups -OCH3 is 1. The predicted octanol–water partition coefficient (Wildman–Crippen LogP) is 5.06. The van der Waals surface area contributed by atoms with Crippen LogP contribution in [0.25, 0.3) is 0 Å². The van der Waals surface area contributed by atoms with Gasteiger partial charge in [-0.05, 0) is 53.4 Å². The zero-order valence-corrected chi connectivity index (χ0v) is 19.8. The lowest BCUT2D eigenvalue weighted by Crippen LogP contribution is -2.48. The predicted molar refractivity (Wildman–Crippen MR) is 127 cm³/mol. The van der Waals surface area contributed by atoms with Crippen LogP contribution in [0.4, 0.5) is 0 Å². The lowest BCUT2D eigenvalue weighted by atomic mass is 10.2. The van der Waals surface area contributed by atoms with Gasteiger partial charge in [0.15, 0.2) is 0 Å². The quantitative estimate of drug-likeness (QED) is 0.454. The second-order valence-corrected chi connectivity index (χ2v) is 9.31. The van der Waals surface area contributed by atoms with Gasteiger partial charge in [0.2, 0.25) is 0 Å². The summed E-state index contributed by atoms with van der Waals surface area (Å²) in [7, 11) is 1.64. The molecular formula is C24H25BrN2O3S. The Morgan fingerprint density at radius 3 is 2.45 bits per heavy atom. The molecule has 0 aliphatic carbocycles. The first-order valence-electron chi connectivity index (χ1n) is 10.2. The molecule has 0 saturated carbocycles. The SMILES string of the molecule is COc1ccc(OCc2csc(C(=O)N3CCN(Cc4cccc(Br)c4)CC3)c2)cc1. The normalized spacial score (nSPS) is 14.5. The number of carbonyl (C=O) groups excluding carboxylic acids is 1. The summed E-state index contributed by atoms with van der Waals surface area (Å²) in [5.41, 5.74) is 2.30. The summed E-state index contributed by atoms with van der Waals surface area (Å²) in [6.45, 7) is 4.63. The van der Waals surface area contributed by atoms with Gasteiger partial charge in [0.25, 0.3) is 5.91 Å². The third-order valence-corrected chi connectivity index (χ3v) is 6.74. The zero-order valence-electron chi connectivity index (χ0n) is 17.4. The Bertz CT molecular complexity index is 1010. The Balaban J connectivity index is 1.26. The van der Waals surface area contributed by atoms with E-state index in [0.29, 0.717) is 6.61 Å². The van der Waals surface area contributed by atoms with E-state index in [-0.39, 0.29) is 5.91 Å². The third kappa shape index (κ3) is 5.87. The number of amides is 1. The van der Waals surface area contributed by atoms with E-state index in [1.807, 2.05) is 46.7 Å². The molecule has 0 unspecified atom stereocenters. The van der Waals surface area contributed by atoms with Gasteiger partial charge in [0.05, 0.1) is 12.0 Å². The Morgan fingerprint density at radius 1 is 1.00 bits per heavy atom. The Hall–Kier alpha value is -2.35. The van der Waals surface area contributed by atoms with Crippen LogP contribution in [-0.2, 0) is 13.2 Å². The van der Waals surface area contributed by atoms with Gasteiger partial charge in [0.1, 0.15) is 18.1 Å². The fraction of sp³-hybridized carbons (Fsp3) is 0.292. The number of hydrogen-bond donors (Lipinski definition) is 0. The van der Waals surface area contributed by atoms with Crippen molar-refractivity contribution in [1.82, 2.24) is 9.80 Å². The van der Waals surface area contributed by atoms with Crippen LogP contribution in [-0.4, -0.2) is 49.0 Å². The number of piperazine rings is 1. The minimum Gasteiger partial charge on any atom is -0.497 e. The summed E-state index contributed by atoms with van der Waals surface area (Å²) < 4.78 is 12.1. The van der Waals surface area contributed by atoms with Crippen LogP contribution in [0.1, 0.15) is 20.8 Å². The number of rotatable bonds is 7. The van der Waals surface area contributed by atoms with Gasteiger partial charge in [-0.1, -0.05) is 28.1 Å². The van der Waals surface area contributed by atoms with Crippen LogP contribution < -0.4 is 9.47 Å². The lowest BCUT2D eigenvalue weighted by Gasteiger charge is -2.34. The summed E-state index contributed by atoms with van der Waals surface area (Å²) >= 11 is 5.02. The minimum absolute atomic E-state index is 0.114. The number of thiophene rings is 1. The van der Waals surface area contributed by atoms with E-state index in [2.05, 4.69) is 39.0 Å². The number of benzene rings is 2. The van der Waals surface area contributed by atoms with Gasteiger partial charge in [-0.2, -0.15) is 0 Å². The first kappa shape index (κ1) is 21.9. The lowest BCUT2D eigenvalue weighted by molar-refractivity contribution is 0.0633. The number of halogens is 1. The molecule has 1 aromatic heterocycles. The van der Waals surface area contributed by atoms with Crippen LogP contribution >= 0.6 is 27.3 Å². The largest absolute Gasteiger partial charge is 0.497 e. The topological polar surface area (TPSA) is 42.0 Å². The number of ether oxygens (including phenoxy) is 2. The molecule has 4 rings (SSSR count). The van der Waals surface area contributed by atoms with Crippen LogP contribution in [0.15, 0.2) is 64.5 Å². The van der Waals surface area contributed by atoms with E-state index in [4.69, 9.17) is 9.47 Å². The summed E-state index contributed by atoms with van der Waals surface area (Å²) in [6.07, 6.45) is 0. The molecule has 3 aromatic rings. The minimum atomic E-state index is 0.114.